The largest absolute Gasteiger partial charge is 0.479 e. The molecule has 120 valence electrons. The zero-order valence-electron chi connectivity index (χ0n) is 14.4. The number of carboxylic acid groups (broad SMARTS) is 1. The standard InChI is InChI=1S/C15H31NO4/c1-10-19-11(13(2,3)4)16(14(5,6)7)20-15(8,9)12(17)18/h11H,10H2,1-9H3,(H,17,18). The molecule has 0 aromatic heterocycles. The second-order valence-electron chi connectivity index (χ2n) is 7.58. The van der Waals surface area contributed by atoms with Crippen molar-refractivity contribution < 1.29 is 19.5 Å². The molecule has 0 aliphatic carbocycles. The minimum absolute atomic E-state index is 0.210. The normalized spacial score (nSPS) is 15.5. The Balaban J connectivity index is 5.50. The Hall–Kier alpha value is -0.650. The van der Waals surface area contributed by atoms with E-state index in [-0.39, 0.29) is 17.2 Å². The van der Waals surface area contributed by atoms with Crippen LogP contribution in [0.5, 0.6) is 0 Å². The summed E-state index contributed by atoms with van der Waals surface area (Å²) in [6.07, 6.45) is -0.342. The lowest BCUT2D eigenvalue weighted by atomic mass is 9.91. The van der Waals surface area contributed by atoms with Crippen LogP contribution in [0.3, 0.4) is 0 Å². The Morgan fingerprint density at radius 3 is 1.80 bits per heavy atom. The summed E-state index contributed by atoms with van der Waals surface area (Å²) in [6, 6.07) is 0. The van der Waals surface area contributed by atoms with E-state index in [9.17, 15) is 9.90 Å². The molecule has 0 heterocycles. The Kier molecular flexibility index (Phi) is 6.20. The summed E-state index contributed by atoms with van der Waals surface area (Å²) in [5, 5.41) is 10.9. The molecule has 5 nitrogen and oxygen atoms in total. The van der Waals surface area contributed by atoms with Gasteiger partial charge in [0.25, 0.3) is 0 Å². The van der Waals surface area contributed by atoms with Crippen LogP contribution in [-0.2, 0) is 14.4 Å². The maximum Gasteiger partial charge on any atom is 0.337 e. The number of aliphatic carboxylic acids is 1. The number of carboxylic acids is 1. The van der Waals surface area contributed by atoms with Gasteiger partial charge in [0.05, 0.1) is 0 Å². The highest BCUT2D eigenvalue weighted by Crippen LogP contribution is 2.33. The minimum Gasteiger partial charge on any atom is -0.479 e. The topological polar surface area (TPSA) is 59.0 Å². The molecule has 0 bridgehead atoms. The molecule has 0 aliphatic rings. The number of hydrogen-bond acceptors (Lipinski definition) is 4. The summed E-state index contributed by atoms with van der Waals surface area (Å²) in [7, 11) is 0. The van der Waals surface area contributed by atoms with Crippen molar-refractivity contribution in [2.45, 2.75) is 79.7 Å². The van der Waals surface area contributed by atoms with Gasteiger partial charge in [-0.3, -0.25) is 4.84 Å². The van der Waals surface area contributed by atoms with Gasteiger partial charge in [-0.1, -0.05) is 20.8 Å². The highest BCUT2D eigenvalue weighted by molar-refractivity contribution is 5.76. The third-order valence-corrected chi connectivity index (χ3v) is 2.78. The lowest BCUT2D eigenvalue weighted by Gasteiger charge is -2.47. The average molecular weight is 289 g/mol. The molecule has 0 radical (unpaired) electrons. The predicted molar refractivity (Wildman–Crippen MR) is 79.3 cm³/mol. The SMILES string of the molecule is CCOC(N(OC(C)(C)C(=O)O)C(C)(C)C)C(C)(C)C. The van der Waals surface area contributed by atoms with Gasteiger partial charge in [0, 0.05) is 17.6 Å². The van der Waals surface area contributed by atoms with Crippen molar-refractivity contribution in [3.05, 3.63) is 0 Å². The van der Waals surface area contributed by atoms with E-state index in [1.165, 1.54) is 0 Å². The first-order chi connectivity index (χ1) is 8.73. The summed E-state index contributed by atoms with van der Waals surface area (Å²) in [4.78, 5) is 17.1. The van der Waals surface area contributed by atoms with Gasteiger partial charge in [-0.15, -0.1) is 0 Å². The van der Waals surface area contributed by atoms with Gasteiger partial charge in [-0.2, -0.15) is 5.06 Å². The van der Waals surface area contributed by atoms with E-state index in [0.29, 0.717) is 6.61 Å². The summed E-state index contributed by atoms with van der Waals surface area (Å²) >= 11 is 0. The van der Waals surface area contributed by atoms with Gasteiger partial charge in [-0.05, 0) is 41.5 Å². The second-order valence-corrected chi connectivity index (χ2v) is 7.58. The number of hydrogen-bond donors (Lipinski definition) is 1. The van der Waals surface area contributed by atoms with E-state index in [4.69, 9.17) is 9.57 Å². The molecule has 0 amide bonds. The smallest absolute Gasteiger partial charge is 0.337 e. The second kappa shape index (κ2) is 6.41. The van der Waals surface area contributed by atoms with Crippen LogP contribution < -0.4 is 0 Å². The third-order valence-electron chi connectivity index (χ3n) is 2.78. The van der Waals surface area contributed by atoms with Crippen molar-refractivity contribution in [1.82, 2.24) is 5.06 Å². The van der Waals surface area contributed by atoms with E-state index in [0.717, 1.165) is 0 Å². The zero-order valence-corrected chi connectivity index (χ0v) is 14.4. The van der Waals surface area contributed by atoms with E-state index in [2.05, 4.69) is 0 Å². The fourth-order valence-corrected chi connectivity index (χ4v) is 1.65. The minimum atomic E-state index is -1.31. The van der Waals surface area contributed by atoms with Crippen LogP contribution in [0.25, 0.3) is 0 Å². The monoisotopic (exact) mass is 289 g/mol. The molecule has 0 saturated heterocycles. The molecular weight excluding hydrogens is 258 g/mol. The number of rotatable bonds is 6. The molecular formula is C15H31NO4. The third kappa shape index (κ3) is 5.38. The zero-order chi connectivity index (χ0) is 16.4. The van der Waals surface area contributed by atoms with Gasteiger partial charge in [0.15, 0.2) is 5.60 Å². The maximum atomic E-state index is 11.3. The maximum absolute atomic E-state index is 11.3. The van der Waals surface area contributed by atoms with Crippen molar-refractivity contribution in [3.63, 3.8) is 0 Å². The molecule has 1 atom stereocenters. The van der Waals surface area contributed by atoms with Crippen LogP contribution in [0, 0.1) is 5.41 Å². The highest BCUT2D eigenvalue weighted by atomic mass is 16.7. The van der Waals surface area contributed by atoms with Crippen LogP contribution in [-0.4, -0.2) is 40.1 Å². The first-order valence-electron chi connectivity index (χ1n) is 7.07. The van der Waals surface area contributed by atoms with Crippen molar-refractivity contribution >= 4 is 5.97 Å². The van der Waals surface area contributed by atoms with Gasteiger partial charge in [0.1, 0.15) is 6.23 Å². The van der Waals surface area contributed by atoms with E-state index in [1.807, 2.05) is 48.5 Å². The molecule has 0 aliphatic heterocycles. The van der Waals surface area contributed by atoms with Gasteiger partial charge >= 0.3 is 5.97 Å². The molecule has 20 heavy (non-hydrogen) atoms. The quantitative estimate of drug-likeness (QED) is 0.600. The summed E-state index contributed by atoms with van der Waals surface area (Å²) in [5.74, 6) is -1.00. The number of ether oxygens (including phenoxy) is 1. The lowest BCUT2D eigenvalue weighted by Crippen LogP contribution is -2.58. The van der Waals surface area contributed by atoms with Crippen LogP contribution in [0.4, 0.5) is 0 Å². The van der Waals surface area contributed by atoms with Gasteiger partial charge < -0.3 is 9.84 Å². The van der Waals surface area contributed by atoms with Crippen LogP contribution in [0.15, 0.2) is 0 Å². The van der Waals surface area contributed by atoms with Crippen molar-refractivity contribution in [2.24, 2.45) is 5.41 Å². The van der Waals surface area contributed by atoms with E-state index < -0.39 is 11.6 Å². The lowest BCUT2D eigenvalue weighted by molar-refractivity contribution is -0.348. The first-order valence-corrected chi connectivity index (χ1v) is 7.07. The van der Waals surface area contributed by atoms with Gasteiger partial charge in [0.2, 0.25) is 0 Å². The predicted octanol–water partition coefficient (Wildman–Crippen LogP) is 3.29. The fraction of sp³-hybridized carbons (Fsp3) is 0.933. The molecule has 0 aromatic rings. The highest BCUT2D eigenvalue weighted by Gasteiger charge is 2.43. The first kappa shape index (κ1) is 19.4. The van der Waals surface area contributed by atoms with Crippen molar-refractivity contribution in [2.75, 3.05) is 6.61 Å². The summed E-state index contributed by atoms with van der Waals surface area (Å²) in [6.45, 7) is 17.6. The summed E-state index contributed by atoms with van der Waals surface area (Å²) in [5.41, 5.74) is -1.91. The number of nitrogens with zero attached hydrogens (tertiary/aromatic N) is 1. The molecule has 0 spiro atoms. The Morgan fingerprint density at radius 2 is 1.55 bits per heavy atom. The van der Waals surface area contributed by atoms with E-state index in [1.54, 1.807) is 18.9 Å². The summed E-state index contributed by atoms with van der Waals surface area (Å²) < 4.78 is 5.83. The number of hydroxylamine groups is 2. The van der Waals surface area contributed by atoms with E-state index >= 15 is 0 Å². The fourth-order valence-electron chi connectivity index (χ4n) is 1.65. The Morgan fingerprint density at radius 1 is 1.10 bits per heavy atom. The molecule has 0 fully saturated rings. The molecule has 1 unspecified atom stereocenters. The molecule has 0 saturated carbocycles. The molecule has 0 rings (SSSR count). The van der Waals surface area contributed by atoms with Gasteiger partial charge in [-0.25, -0.2) is 4.79 Å². The van der Waals surface area contributed by atoms with Crippen molar-refractivity contribution in [1.29, 1.82) is 0 Å². The molecule has 0 aromatic carbocycles. The molecule has 1 N–H and O–H groups in total. The average Bonchev–Trinajstić information content (AvgIpc) is 2.19. The molecule has 5 heteroatoms. The van der Waals surface area contributed by atoms with Crippen LogP contribution in [0.2, 0.25) is 0 Å². The van der Waals surface area contributed by atoms with Crippen LogP contribution in [0.1, 0.15) is 62.3 Å². The van der Waals surface area contributed by atoms with Crippen LogP contribution >= 0.6 is 0 Å². The van der Waals surface area contributed by atoms with Crippen molar-refractivity contribution in [3.8, 4) is 0 Å². The number of carbonyl (C=O) groups is 1. The Labute approximate surface area is 123 Å². The Bertz CT molecular complexity index is 326.